The molecule has 2 aromatic carbocycles. The van der Waals surface area contributed by atoms with E-state index in [1.807, 2.05) is 6.92 Å². The first-order valence-corrected chi connectivity index (χ1v) is 12.9. The van der Waals surface area contributed by atoms with Crippen LogP contribution in [0, 0.1) is 6.92 Å². The first-order chi connectivity index (χ1) is 15.1. The van der Waals surface area contributed by atoms with Gasteiger partial charge in [-0.15, -0.1) is 11.3 Å². The Morgan fingerprint density at radius 1 is 1.00 bits per heavy atom. The fourth-order valence-electron chi connectivity index (χ4n) is 2.94. The Balaban J connectivity index is 1.87. The second-order valence-electron chi connectivity index (χ2n) is 7.03. The molecule has 0 atom stereocenters. The van der Waals surface area contributed by atoms with Crippen molar-refractivity contribution in [3.8, 4) is 0 Å². The van der Waals surface area contributed by atoms with Gasteiger partial charge in [0.25, 0.3) is 11.8 Å². The first-order valence-electron chi connectivity index (χ1n) is 9.61. The van der Waals surface area contributed by atoms with Crippen molar-refractivity contribution < 1.29 is 18.0 Å². The lowest BCUT2D eigenvalue weighted by atomic mass is 10.1. The van der Waals surface area contributed by atoms with Crippen molar-refractivity contribution >= 4 is 67.6 Å². The summed E-state index contributed by atoms with van der Waals surface area (Å²) in [6.45, 7) is 3.57. The number of carbonyl (C=O) groups excluding carboxylic acids is 2. The van der Waals surface area contributed by atoms with Crippen molar-refractivity contribution in [2.24, 2.45) is 0 Å². The molecule has 0 saturated carbocycles. The number of anilines is 2. The van der Waals surface area contributed by atoms with E-state index in [-0.39, 0.29) is 31.8 Å². The van der Waals surface area contributed by atoms with E-state index < -0.39 is 21.7 Å². The van der Waals surface area contributed by atoms with Gasteiger partial charge in [-0.05, 0) is 49.7 Å². The van der Waals surface area contributed by atoms with Gasteiger partial charge in [0.15, 0.2) is 9.84 Å². The molecule has 1 aromatic heterocycles. The minimum Gasteiger partial charge on any atom is -0.322 e. The van der Waals surface area contributed by atoms with Gasteiger partial charge in [-0.1, -0.05) is 41.8 Å². The van der Waals surface area contributed by atoms with Gasteiger partial charge in [-0.2, -0.15) is 0 Å². The normalized spacial score (nSPS) is 11.2. The van der Waals surface area contributed by atoms with Gasteiger partial charge in [0.05, 0.1) is 26.9 Å². The van der Waals surface area contributed by atoms with Crippen LogP contribution in [0.2, 0.25) is 10.0 Å². The molecule has 1 heterocycles. The highest BCUT2D eigenvalue weighted by Crippen LogP contribution is 2.33. The second kappa shape index (κ2) is 10.0. The monoisotopic (exact) mass is 510 g/mol. The Morgan fingerprint density at radius 3 is 2.34 bits per heavy atom. The van der Waals surface area contributed by atoms with E-state index in [2.05, 4.69) is 10.6 Å². The summed E-state index contributed by atoms with van der Waals surface area (Å²) in [6.07, 6.45) is 0.436. The predicted octanol–water partition coefficient (Wildman–Crippen LogP) is 6.05. The van der Waals surface area contributed by atoms with E-state index in [1.165, 1.54) is 5.38 Å². The fraction of sp³-hybridized carbons (Fsp3) is 0.182. The zero-order valence-electron chi connectivity index (χ0n) is 17.2. The molecule has 3 rings (SSSR count). The Morgan fingerprint density at radius 2 is 1.69 bits per heavy atom. The molecule has 3 aromatic rings. The quantitative estimate of drug-likeness (QED) is 0.404. The highest BCUT2D eigenvalue weighted by atomic mass is 35.5. The van der Waals surface area contributed by atoms with Gasteiger partial charge in [-0.25, -0.2) is 8.42 Å². The number of aryl methyl sites for hydroxylation is 1. The standard InChI is InChI=1S/C22H20Cl2N2O4S2/c1-3-10-32(29,30)18-12-31-20(19(18)24)22(28)26-17-9-4-13(2)11-16(17)21(27)25-15-7-5-14(23)6-8-15/h4-9,11-12H,3,10H2,1-2H3,(H,25,27)(H,26,28). The lowest BCUT2D eigenvalue weighted by molar-refractivity contribution is 0.102. The number of nitrogens with one attached hydrogen (secondary N) is 2. The largest absolute Gasteiger partial charge is 0.322 e. The molecule has 0 fully saturated rings. The smallest absolute Gasteiger partial charge is 0.267 e. The number of halogens is 2. The Bertz CT molecular complexity index is 1270. The van der Waals surface area contributed by atoms with Crippen LogP contribution < -0.4 is 10.6 Å². The summed E-state index contributed by atoms with van der Waals surface area (Å²) in [6, 6.07) is 11.6. The lowest BCUT2D eigenvalue weighted by Gasteiger charge is -2.12. The van der Waals surface area contributed by atoms with E-state index in [0.717, 1.165) is 16.9 Å². The Kier molecular flexibility index (Phi) is 7.61. The summed E-state index contributed by atoms with van der Waals surface area (Å²) in [5.74, 6) is -1.07. The van der Waals surface area contributed by atoms with Crippen LogP contribution in [0.4, 0.5) is 11.4 Å². The SMILES string of the molecule is CCCS(=O)(=O)c1csc(C(=O)Nc2ccc(C)cc2C(=O)Nc2ccc(Cl)cc2)c1Cl. The number of hydrogen-bond acceptors (Lipinski definition) is 5. The van der Waals surface area contributed by atoms with E-state index in [0.29, 0.717) is 17.1 Å². The molecule has 2 N–H and O–H groups in total. The molecule has 0 unspecified atom stereocenters. The van der Waals surface area contributed by atoms with E-state index >= 15 is 0 Å². The van der Waals surface area contributed by atoms with Crippen molar-refractivity contribution in [1.82, 2.24) is 0 Å². The van der Waals surface area contributed by atoms with Crippen LogP contribution in [0.5, 0.6) is 0 Å². The summed E-state index contributed by atoms with van der Waals surface area (Å²) >= 11 is 13.1. The van der Waals surface area contributed by atoms with E-state index in [1.54, 1.807) is 49.4 Å². The zero-order valence-corrected chi connectivity index (χ0v) is 20.4. The van der Waals surface area contributed by atoms with E-state index in [4.69, 9.17) is 23.2 Å². The van der Waals surface area contributed by atoms with Crippen molar-refractivity contribution in [3.63, 3.8) is 0 Å². The van der Waals surface area contributed by atoms with Crippen LogP contribution >= 0.6 is 34.5 Å². The molecule has 0 spiro atoms. The van der Waals surface area contributed by atoms with Gasteiger partial charge >= 0.3 is 0 Å². The predicted molar refractivity (Wildman–Crippen MR) is 130 cm³/mol. The molecule has 10 heteroatoms. The summed E-state index contributed by atoms with van der Waals surface area (Å²) in [4.78, 5) is 25.7. The third-order valence-electron chi connectivity index (χ3n) is 4.48. The summed E-state index contributed by atoms with van der Waals surface area (Å²) in [5, 5.41) is 7.24. The van der Waals surface area contributed by atoms with Crippen LogP contribution in [-0.4, -0.2) is 26.0 Å². The molecule has 32 heavy (non-hydrogen) atoms. The topological polar surface area (TPSA) is 92.3 Å². The highest BCUT2D eigenvalue weighted by Gasteiger charge is 2.25. The van der Waals surface area contributed by atoms with Crippen molar-refractivity contribution in [2.45, 2.75) is 25.2 Å². The summed E-state index contributed by atoms with van der Waals surface area (Å²) in [7, 11) is -3.57. The number of benzene rings is 2. The van der Waals surface area contributed by atoms with Crippen LogP contribution in [0.3, 0.4) is 0 Å². The molecule has 0 radical (unpaired) electrons. The van der Waals surface area contributed by atoms with Gasteiger partial charge in [-0.3, -0.25) is 9.59 Å². The zero-order chi connectivity index (χ0) is 23.5. The molecule has 0 aliphatic rings. The lowest BCUT2D eigenvalue weighted by Crippen LogP contribution is -2.18. The first kappa shape index (κ1) is 24.3. The van der Waals surface area contributed by atoms with E-state index in [9.17, 15) is 18.0 Å². The summed E-state index contributed by atoms with van der Waals surface area (Å²) in [5.41, 5.74) is 1.89. The van der Waals surface area contributed by atoms with Crippen molar-refractivity contribution in [2.75, 3.05) is 16.4 Å². The molecule has 0 aliphatic carbocycles. The minimum atomic E-state index is -3.57. The minimum absolute atomic E-state index is 0.0548. The van der Waals surface area contributed by atoms with Crippen molar-refractivity contribution in [1.29, 1.82) is 0 Å². The molecule has 2 amide bonds. The molecule has 168 valence electrons. The van der Waals surface area contributed by atoms with Gasteiger partial charge in [0.1, 0.15) is 4.88 Å². The number of amides is 2. The fourth-order valence-corrected chi connectivity index (χ4v) is 6.39. The summed E-state index contributed by atoms with van der Waals surface area (Å²) < 4.78 is 24.7. The highest BCUT2D eigenvalue weighted by molar-refractivity contribution is 7.91. The number of hydrogen-bond donors (Lipinski definition) is 2. The number of sulfone groups is 1. The number of thiophene rings is 1. The maximum absolute atomic E-state index is 12.9. The molecule has 0 aliphatic heterocycles. The van der Waals surface area contributed by atoms with Crippen LogP contribution in [-0.2, 0) is 9.84 Å². The average Bonchev–Trinajstić information content (AvgIpc) is 3.13. The van der Waals surface area contributed by atoms with Gasteiger partial charge in [0.2, 0.25) is 0 Å². The molecule has 0 bridgehead atoms. The Hall–Kier alpha value is -2.39. The maximum Gasteiger partial charge on any atom is 0.267 e. The van der Waals surface area contributed by atoms with Crippen molar-refractivity contribution in [3.05, 3.63) is 73.9 Å². The molecule has 6 nitrogen and oxygen atoms in total. The molecular weight excluding hydrogens is 491 g/mol. The van der Waals surface area contributed by atoms with Crippen LogP contribution in [0.1, 0.15) is 38.9 Å². The number of carbonyl (C=O) groups is 2. The van der Waals surface area contributed by atoms with Gasteiger partial charge < -0.3 is 10.6 Å². The van der Waals surface area contributed by atoms with Gasteiger partial charge in [0, 0.05) is 16.1 Å². The maximum atomic E-state index is 12.9. The molecular formula is C22H20Cl2N2O4S2. The average molecular weight is 511 g/mol. The third-order valence-corrected chi connectivity index (χ3v) is 8.42. The Labute approximate surface area is 200 Å². The number of rotatable bonds is 7. The second-order valence-corrected chi connectivity index (χ2v) is 10.8. The third kappa shape index (κ3) is 5.50. The molecule has 0 saturated heterocycles. The van der Waals surface area contributed by atoms with Crippen LogP contribution in [0.15, 0.2) is 52.7 Å². The van der Waals surface area contributed by atoms with Crippen LogP contribution in [0.25, 0.3) is 0 Å².